The molecule has 0 spiro atoms. The maximum atomic E-state index is 11.0. The molecule has 1 saturated carbocycles. The molecule has 0 saturated heterocycles. The lowest BCUT2D eigenvalue weighted by molar-refractivity contribution is -0.118. The summed E-state index contributed by atoms with van der Waals surface area (Å²) in [5.74, 6) is 1.26. The molecule has 15 heavy (non-hydrogen) atoms. The summed E-state index contributed by atoms with van der Waals surface area (Å²) in [4.78, 5) is 11.0. The van der Waals surface area contributed by atoms with Gasteiger partial charge in [-0.1, -0.05) is 26.7 Å². The Morgan fingerprint density at radius 3 is 2.80 bits per heavy atom. The predicted octanol–water partition coefficient (Wildman–Crippen LogP) is 1.67. The summed E-state index contributed by atoms with van der Waals surface area (Å²) < 4.78 is 0. The zero-order valence-electron chi connectivity index (χ0n) is 9.96. The van der Waals surface area contributed by atoms with Crippen molar-refractivity contribution in [3.05, 3.63) is 0 Å². The molecule has 0 aromatic heterocycles. The van der Waals surface area contributed by atoms with Crippen LogP contribution in [0.3, 0.4) is 0 Å². The number of nitrogens with one attached hydrogen (secondary N) is 1. The molecule has 3 heteroatoms. The van der Waals surface area contributed by atoms with Crippen LogP contribution in [0.25, 0.3) is 0 Å². The average Bonchev–Trinajstić information content (AvgIpc) is 2.16. The van der Waals surface area contributed by atoms with Crippen LogP contribution in [0, 0.1) is 11.8 Å². The van der Waals surface area contributed by atoms with E-state index in [1.807, 2.05) is 0 Å². The number of amides is 1. The minimum Gasteiger partial charge on any atom is -0.370 e. The summed E-state index contributed by atoms with van der Waals surface area (Å²) in [6, 6.07) is 0.301. The fraction of sp³-hybridized carbons (Fsp3) is 0.917. The van der Waals surface area contributed by atoms with E-state index in [2.05, 4.69) is 19.2 Å². The lowest BCUT2D eigenvalue weighted by atomic mass is 9.77. The minimum absolute atomic E-state index is 0.181. The fourth-order valence-electron chi connectivity index (χ4n) is 2.73. The van der Waals surface area contributed by atoms with Crippen molar-refractivity contribution < 1.29 is 4.79 Å². The van der Waals surface area contributed by atoms with E-state index in [-0.39, 0.29) is 5.91 Å². The van der Waals surface area contributed by atoms with Gasteiger partial charge in [0.25, 0.3) is 0 Å². The van der Waals surface area contributed by atoms with E-state index in [1.54, 1.807) is 0 Å². The Morgan fingerprint density at radius 2 is 2.27 bits per heavy atom. The van der Waals surface area contributed by atoms with Crippen molar-refractivity contribution in [3.8, 4) is 0 Å². The summed E-state index contributed by atoms with van der Waals surface area (Å²) in [6.07, 6.45) is 5.61. The topological polar surface area (TPSA) is 55.1 Å². The molecule has 0 aromatic carbocycles. The fourth-order valence-corrected chi connectivity index (χ4v) is 2.73. The first-order chi connectivity index (χ1) is 7.13. The molecule has 0 aromatic rings. The highest BCUT2D eigenvalue weighted by Gasteiger charge is 2.26. The molecule has 3 N–H and O–H groups in total. The quantitative estimate of drug-likeness (QED) is 0.728. The molecule has 0 aliphatic heterocycles. The van der Waals surface area contributed by atoms with Crippen LogP contribution in [-0.2, 0) is 4.79 Å². The second-order valence-corrected chi connectivity index (χ2v) is 4.87. The Morgan fingerprint density at radius 1 is 1.53 bits per heavy atom. The van der Waals surface area contributed by atoms with Crippen LogP contribution in [0.15, 0.2) is 0 Å². The van der Waals surface area contributed by atoms with Gasteiger partial charge in [-0.25, -0.2) is 0 Å². The van der Waals surface area contributed by atoms with Gasteiger partial charge in [-0.3, -0.25) is 4.79 Å². The summed E-state index contributed by atoms with van der Waals surface area (Å²) in [6.45, 7) is 5.31. The minimum atomic E-state index is -0.181. The van der Waals surface area contributed by atoms with E-state index in [0.29, 0.717) is 18.4 Å². The van der Waals surface area contributed by atoms with Gasteiger partial charge < -0.3 is 11.1 Å². The van der Waals surface area contributed by atoms with Crippen molar-refractivity contribution in [2.24, 2.45) is 17.6 Å². The Hall–Kier alpha value is -0.570. The van der Waals surface area contributed by atoms with E-state index >= 15 is 0 Å². The van der Waals surface area contributed by atoms with Crippen molar-refractivity contribution in [3.63, 3.8) is 0 Å². The number of carbonyl (C=O) groups is 1. The van der Waals surface area contributed by atoms with Gasteiger partial charge in [0.05, 0.1) is 0 Å². The molecule has 3 nitrogen and oxygen atoms in total. The smallest absolute Gasteiger partial charge is 0.218 e. The van der Waals surface area contributed by atoms with Crippen LogP contribution in [0.4, 0.5) is 0 Å². The largest absolute Gasteiger partial charge is 0.370 e. The van der Waals surface area contributed by atoms with Crippen LogP contribution in [0.5, 0.6) is 0 Å². The molecule has 1 aliphatic rings. The molecular formula is C12H24N2O. The van der Waals surface area contributed by atoms with E-state index in [0.717, 1.165) is 12.5 Å². The Bertz CT molecular complexity index is 206. The Balaban J connectivity index is 2.49. The van der Waals surface area contributed by atoms with Crippen LogP contribution in [-0.4, -0.2) is 18.5 Å². The zero-order valence-corrected chi connectivity index (χ0v) is 9.96. The van der Waals surface area contributed by atoms with E-state index in [1.165, 1.54) is 25.7 Å². The highest BCUT2D eigenvalue weighted by Crippen LogP contribution is 2.31. The van der Waals surface area contributed by atoms with Crippen LogP contribution in [0.1, 0.15) is 46.0 Å². The Labute approximate surface area is 92.8 Å². The van der Waals surface area contributed by atoms with Crippen LogP contribution < -0.4 is 11.1 Å². The van der Waals surface area contributed by atoms with Crippen molar-refractivity contribution in [2.45, 2.75) is 52.0 Å². The molecular weight excluding hydrogens is 188 g/mol. The van der Waals surface area contributed by atoms with E-state index in [9.17, 15) is 4.79 Å². The molecule has 3 atom stereocenters. The normalized spacial score (nSPS) is 28.7. The molecule has 0 radical (unpaired) electrons. The summed E-state index contributed by atoms with van der Waals surface area (Å²) in [7, 11) is 0. The van der Waals surface area contributed by atoms with Gasteiger partial charge in [0, 0.05) is 12.5 Å². The molecule has 0 bridgehead atoms. The number of rotatable bonds is 5. The second-order valence-electron chi connectivity index (χ2n) is 4.87. The lowest BCUT2D eigenvalue weighted by Crippen LogP contribution is -2.41. The van der Waals surface area contributed by atoms with Crippen molar-refractivity contribution in [2.75, 3.05) is 6.54 Å². The van der Waals surface area contributed by atoms with Crippen molar-refractivity contribution >= 4 is 5.91 Å². The SMILES string of the molecule is CCNC(CC(N)=O)C1CCCC(C)C1. The third-order valence-corrected chi connectivity index (χ3v) is 3.43. The highest BCUT2D eigenvalue weighted by molar-refractivity contribution is 5.74. The first-order valence-electron chi connectivity index (χ1n) is 6.15. The van der Waals surface area contributed by atoms with Crippen LogP contribution >= 0.6 is 0 Å². The van der Waals surface area contributed by atoms with E-state index in [4.69, 9.17) is 5.73 Å². The van der Waals surface area contributed by atoms with Crippen molar-refractivity contribution in [1.29, 1.82) is 0 Å². The molecule has 0 heterocycles. The third kappa shape index (κ3) is 4.20. The molecule has 3 unspecified atom stereocenters. The van der Waals surface area contributed by atoms with Gasteiger partial charge in [-0.05, 0) is 31.2 Å². The van der Waals surface area contributed by atoms with Gasteiger partial charge in [0.1, 0.15) is 0 Å². The number of primary amides is 1. The zero-order chi connectivity index (χ0) is 11.3. The Kier molecular flexibility index (Phi) is 5.09. The van der Waals surface area contributed by atoms with Gasteiger partial charge in [0.15, 0.2) is 0 Å². The van der Waals surface area contributed by atoms with Crippen LogP contribution in [0.2, 0.25) is 0 Å². The highest BCUT2D eigenvalue weighted by atomic mass is 16.1. The summed E-state index contributed by atoms with van der Waals surface area (Å²) in [5.41, 5.74) is 5.29. The molecule has 1 amide bonds. The number of carbonyl (C=O) groups excluding carboxylic acids is 1. The maximum absolute atomic E-state index is 11.0. The maximum Gasteiger partial charge on any atom is 0.218 e. The van der Waals surface area contributed by atoms with Gasteiger partial charge >= 0.3 is 0 Å². The standard InChI is InChI=1S/C12H24N2O/c1-3-14-11(8-12(13)15)10-6-4-5-9(2)7-10/h9-11,14H,3-8H2,1-2H3,(H2,13,15). The lowest BCUT2D eigenvalue weighted by Gasteiger charge is -2.33. The molecule has 1 rings (SSSR count). The number of hydrogen-bond acceptors (Lipinski definition) is 2. The first-order valence-corrected chi connectivity index (χ1v) is 6.15. The molecule has 1 fully saturated rings. The predicted molar refractivity (Wildman–Crippen MR) is 62.4 cm³/mol. The monoisotopic (exact) mass is 212 g/mol. The molecule has 1 aliphatic carbocycles. The number of hydrogen-bond donors (Lipinski definition) is 2. The third-order valence-electron chi connectivity index (χ3n) is 3.43. The average molecular weight is 212 g/mol. The van der Waals surface area contributed by atoms with Crippen molar-refractivity contribution in [1.82, 2.24) is 5.32 Å². The van der Waals surface area contributed by atoms with E-state index < -0.39 is 0 Å². The van der Waals surface area contributed by atoms with Gasteiger partial charge in [0.2, 0.25) is 5.91 Å². The number of nitrogens with two attached hydrogens (primary N) is 1. The first kappa shape index (κ1) is 12.5. The van der Waals surface area contributed by atoms with Gasteiger partial charge in [-0.15, -0.1) is 0 Å². The summed E-state index contributed by atoms with van der Waals surface area (Å²) >= 11 is 0. The second kappa shape index (κ2) is 6.11. The van der Waals surface area contributed by atoms with Gasteiger partial charge in [-0.2, -0.15) is 0 Å². The molecule has 88 valence electrons. The summed E-state index contributed by atoms with van der Waals surface area (Å²) in [5, 5.41) is 3.40.